The molecular formula is C12H19N3O2S. The number of aromatic amines is 1. The Bertz CT molecular complexity index is 402. The third-order valence-electron chi connectivity index (χ3n) is 3.08. The molecule has 2 heterocycles. The van der Waals surface area contributed by atoms with Gasteiger partial charge in [0.05, 0.1) is 6.61 Å². The molecule has 1 aromatic heterocycles. The number of amides is 1. The fraction of sp³-hybridized carbons (Fsp3) is 0.583. The Morgan fingerprint density at radius 3 is 3.11 bits per heavy atom. The summed E-state index contributed by atoms with van der Waals surface area (Å²) in [6.07, 6.45) is 2.70. The number of hydrogen-bond donors (Lipinski definition) is 2. The van der Waals surface area contributed by atoms with Crippen LogP contribution in [-0.4, -0.2) is 53.6 Å². The Morgan fingerprint density at radius 2 is 2.56 bits per heavy atom. The lowest BCUT2D eigenvalue weighted by Gasteiger charge is -2.27. The fourth-order valence-corrected chi connectivity index (χ4v) is 3.32. The fourth-order valence-electron chi connectivity index (χ4n) is 2.10. The largest absolute Gasteiger partial charge is 0.397 e. The number of H-pyrrole nitrogens is 1. The van der Waals surface area contributed by atoms with Gasteiger partial charge in [-0.15, -0.1) is 0 Å². The van der Waals surface area contributed by atoms with Gasteiger partial charge in [-0.25, -0.2) is 0 Å². The van der Waals surface area contributed by atoms with Gasteiger partial charge in [-0.2, -0.15) is 11.8 Å². The summed E-state index contributed by atoms with van der Waals surface area (Å²) in [4.78, 5) is 17.2. The predicted octanol–water partition coefficient (Wildman–Crippen LogP) is 1.19. The van der Waals surface area contributed by atoms with Gasteiger partial charge in [-0.05, 0) is 18.2 Å². The van der Waals surface area contributed by atoms with Crippen LogP contribution in [0.5, 0.6) is 0 Å². The topological polar surface area (TPSA) is 71.3 Å². The number of nitrogens with zero attached hydrogens (tertiary/aromatic N) is 1. The maximum Gasteiger partial charge on any atom is 0.270 e. The number of hydrogen-bond acceptors (Lipinski definition) is 4. The van der Waals surface area contributed by atoms with Crippen molar-refractivity contribution in [3.8, 4) is 0 Å². The maximum absolute atomic E-state index is 12.4. The van der Waals surface area contributed by atoms with Gasteiger partial charge in [0.15, 0.2) is 0 Å². The zero-order valence-electron chi connectivity index (χ0n) is 10.5. The molecule has 3 N–H and O–H groups in total. The van der Waals surface area contributed by atoms with Gasteiger partial charge < -0.3 is 20.4 Å². The standard InChI is InChI=1S/C12H19N3O2S/c1-17-4-3-15(10-2-5-18-8-10)12(16)11-6-9(13)7-14-11/h6-7,10,14H,2-5,8,13H2,1H3. The number of nitrogen functional groups attached to an aromatic ring is 1. The lowest BCUT2D eigenvalue weighted by Crippen LogP contribution is -2.42. The minimum atomic E-state index is 0.0104. The van der Waals surface area contributed by atoms with E-state index < -0.39 is 0 Å². The minimum Gasteiger partial charge on any atom is -0.397 e. The molecule has 1 atom stereocenters. The summed E-state index contributed by atoms with van der Waals surface area (Å²) >= 11 is 1.89. The Balaban J connectivity index is 2.09. The molecule has 1 aliphatic rings. The average molecular weight is 269 g/mol. The minimum absolute atomic E-state index is 0.0104. The van der Waals surface area contributed by atoms with Crippen molar-refractivity contribution in [2.75, 3.05) is 37.5 Å². The van der Waals surface area contributed by atoms with Crippen LogP contribution in [0.4, 0.5) is 5.69 Å². The first-order valence-corrected chi connectivity index (χ1v) is 7.19. The molecule has 1 saturated heterocycles. The number of nitrogens with two attached hydrogens (primary N) is 1. The Morgan fingerprint density at radius 1 is 1.72 bits per heavy atom. The Hall–Kier alpha value is -1.14. The second-order valence-electron chi connectivity index (χ2n) is 4.36. The van der Waals surface area contributed by atoms with Crippen molar-refractivity contribution in [3.63, 3.8) is 0 Å². The van der Waals surface area contributed by atoms with Crippen molar-refractivity contribution >= 4 is 23.4 Å². The van der Waals surface area contributed by atoms with E-state index in [1.165, 1.54) is 0 Å². The van der Waals surface area contributed by atoms with Gasteiger partial charge in [-0.1, -0.05) is 0 Å². The molecule has 0 saturated carbocycles. The number of ether oxygens (including phenoxy) is 1. The van der Waals surface area contributed by atoms with E-state index in [-0.39, 0.29) is 5.91 Å². The first kappa shape index (κ1) is 13.3. The highest BCUT2D eigenvalue weighted by atomic mass is 32.2. The van der Waals surface area contributed by atoms with Crippen LogP contribution in [0.3, 0.4) is 0 Å². The molecule has 1 amide bonds. The van der Waals surface area contributed by atoms with E-state index in [1.54, 1.807) is 19.4 Å². The monoisotopic (exact) mass is 269 g/mol. The summed E-state index contributed by atoms with van der Waals surface area (Å²) in [7, 11) is 1.65. The molecule has 1 aromatic rings. The van der Waals surface area contributed by atoms with Crippen molar-refractivity contribution in [1.29, 1.82) is 0 Å². The molecule has 1 unspecified atom stereocenters. The molecule has 2 rings (SSSR count). The van der Waals surface area contributed by atoms with Crippen LogP contribution >= 0.6 is 11.8 Å². The van der Waals surface area contributed by atoms with Crippen LogP contribution in [0.2, 0.25) is 0 Å². The SMILES string of the molecule is COCCN(C(=O)c1cc(N)c[nH]1)C1CCSC1. The molecule has 0 spiro atoms. The van der Waals surface area contributed by atoms with Crippen molar-refractivity contribution in [2.45, 2.75) is 12.5 Å². The number of methoxy groups -OCH3 is 1. The summed E-state index contributed by atoms with van der Waals surface area (Å²) in [5, 5.41) is 0. The van der Waals surface area contributed by atoms with E-state index in [2.05, 4.69) is 4.98 Å². The van der Waals surface area contributed by atoms with E-state index in [0.717, 1.165) is 17.9 Å². The quantitative estimate of drug-likeness (QED) is 0.842. The maximum atomic E-state index is 12.4. The number of aromatic nitrogens is 1. The molecule has 0 radical (unpaired) electrons. The molecule has 1 aliphatic heterocycles. The summed E-state index contributed by atoms with van der Waals surface area (Å²) in [6, 6.07) is 1.99. The Kier molecular flexibility index (Phi) is 4.54. The summed E-state index contributed by atoms with van der Waals surface area (Å²) in [6.45, 7) is 1.18. The molecule has 0 aromatic carbocycles. The molecule has 1 fully saturated rings. The highest BCUT2D eigenvalue weighted by Gasteiger charge is 2.28. The third-order valence-corrected chi connectivity index (χ3v) is 4.22. The second-order valence-corrected chi connectivity index (χ2v) is 5.51. The van der Waals surface area contributed by atoms with Crippen molar-refractivity contribution in [1.82, 2.24) is 9.88 Å². The Labute approximate surface area is 111 Å². The highest BCUT2D eigenvalue weighted by Crippen LogP contribution is 2.23. The summed E-state index contributed by atoms with van der Waals surface area (Å²) in [5.74, 6) is 2.14. The second kappa shape index (κ2) is 6.15. The van der Waals surface area contributed by atoms with E-state index in [4.69, 9.17) is 10.5 Å². The van der Waals surface area contributed by atoms with Crippen LogP contribution in [0.25, 0.3) is 0 Å². The summed E-state index contributed by atoms with van der Waals surface area (Å²) < 4.78 is 5.09. The number of rotatable bonds is 5. The molecule has 0 bridgehead atoms. The van der Waals surface area contributed by atoms with Crippen LogP contribution in [0, 0.1) is 0 Å². The summed E-state index contributed by atoms with van der Waals surface area (Å²) in [5.41, 5.74) is 6.78. The molecule has 100 valence electrons. The number of carbonyl (C=O) groups is 1. The normalized spacial score (nSPS) is 19.1. The number of nitrogens with one attached hydrogen (secondary N) is 1. The van der Waals surface area contributed by atoms with Crippen molar-refractivity contribution < 1.29 is 9.53 Å². The first-order valence-electron chi connectivity index (χ1n) is 6.04. The lowest BCUT2D eigenvalue weighted by atomic mass is 10.2. The predicted molar refractivity (Wildman–Crippen MR) is 73.8 cm³/mol. The number of anilines is 1. The van der Waals surface area contributed by atoms with Gasteiger partial charge >= 0.3 is 0 Å². The zero-order chi connectivity index (χ0) is 13.0. The highest BCUT2D eigenvalue weighted by molar-refractivity contribution is 7.99. The average Bonchev–Trinajstić information content (AvgIpc) is 3.00. The van der Waals surface area contributed by atoms with Crippen molar-refractivity contribution in [3.05, 3.63) is 18.0 Å². The van der Waals surface area contributed by atoms with Gasteiger partial charge in [0.25, 0.3) is 5.91 Å². The van der Waals surface area contributed by atoms with E-state index in [9.17, 15) is 4.79 Å². The smallest absolute Gasteiger partial charge is 0.270 e. The molecule has 5 nitrogen and oxygen atoms in total. The lowest BCUT2D eigenvalue weighted by molar-refractivity contribution is 0.0619. The van der Waals surface area contributed by atoms with Crippen LogP contribution in [0.1, 0.15) is 16.9 Å². The third kappa shape index (κ3) is 3.00. The van der Waals surface area contributed by atoms with Crippen molar-refractivity contribution in [2.24, 2.45) is 0 Å². The molecule has 0 aliphatic carbocycles. The van der Waals surface area contributed by atoms with Gasteiger partial charge in [0.2, 0.25) is 0 Å². The van der Waals surface area contributed by atoms with Gasteiger partial charge in [0, 0.05) is 37.3 Å². The molecule has 18 heavy (non-hydrogen) atoms. The van der Waals surface area contributed by atoms with Gasteiger partial charge in [-0.3, -0.25) is 4.79 Å². The first-order chi connectivity index (χ1) is 8.72. The molecule has 6 heteroatoms. The zero-order valence-corrected chi connectivity index (χ0v) is 11.3. The van der Waals surface area contributed by atoms with E-state index in [1.807, 2.05) is 16.7 Å². The van der Waals surface area contributed by atoms with Crippen LogP contribution in [-0.2, 0) is 4.74 Å². The van der Waals surface area contributed by atoms with Gasteiger partial charge in [0.1, 0.15) is 5.69 Å². The number of thioether (sulfide) groups is 1. The number of carbonyl (C=O) groups excluding carboxylic acids is 1. The van der Waals surface area contributed by atoms with Crippen LogP contribution < -0.4 is 5.73 Å². The van der Waals surface area contributed by atoms with E-state index in [0.29, 0.717) is 30.6 Å². The molecular weight excluding hydrogens is 250 g/mol. The van der Waals surface area contributed by atoms with E-state index >= 15 is 0 Å². The van der Waals surface area contributed by atoms with Crippen LogP contribution in [0.15, 0.2) is 12.3 Å².